The Labute approximate surface area is 127 Å². The molecule has 0 fully saturated rings. The molecule has 4 N–H and O–H groups in total. The van der Waals surface area contributed by atoms with E-state index in [1.807, 2.05) is 0 Å². The molecule has 0 rings (SSSR count). The molecule has 0 aliphatic heterocycles. The van der Waals surface area contributed by atoms with Crippen LogP contribution >= 0.6 is 15.6 Å². The van der Waals surface area contributed by atoms with Crippen LogP contribution < -0.4 is 85.1 Å². The summed E-state index contributed by atoms with van der Waals surface area (Å²) < 4.78 is 17.5. The molecule has 0 saturated carbocycles. The fourth-order valence-corrected chi connectivity index (χ4v) is 0. The van der Waals surface area contributed by atoms with Gasteiger partial charge < -0.3 is 29.4 Å². The van der Waals surface area contributed by atoms with Crippen molar-refractivity contribution in [2.24, 2.45) is 0 Å². The second kappa shape index (κ2) is 10.1. The largest absolute Gasteiger partial charge is 1.00 e. The first kappa shape index (κ1) is 24.0. The Bertz CT molecular complexity index is 129. The molecule has 0 amide bonds. The maximum absolute atomic E-state index is 8.77. The zero-order chi connectivity index (χ0) is 9.00. The summed E-state index contributed by atoms with van der Waals surface area (Å²) in [6, 6.07) is 0. The number of hydrogen-bond donors (Lipinski definition) is 4. The molecule has 0 aromatic heterocycles. The van der Waals surface area contributed by atoms with Gasteiger partial charge in [0.25, 0.3) is 15.6 Å². The third kappa shape index (κ3) is 253. The molecule has 12 heavy (non-hydrogen) atoms. The quantitative estimate of drug-likeness (QED) is 0.188. The summed E-state index contributed by atoms with van der Waals surface area (Å²) in [5.74, 6) is 0. The third-order valence-corrected chi connectivity index (χ3v) is 0. The van der Waals surface area contributed by atoms with Crippen LogP contribution in [0, 0.1) is 0 Å². The summed E-state index contributed by atoms with van der Waals surface area (Å²) in [7, 11) is -9.78. The van der Waals surface area contributed by atoms with Gasteiger partial charge in [0, 0.05) is 0 Å². The molecule has 0 bridgehead atoms. The summed E-state index contributed by atoms with van der Waals surface area (Å²) in [5, 5.41) is 0. The molecule has 0 saturated heterocycles. The normalized spacial score (nSPS) is 9.83. The van der Waals surface area contributed by atoms with Crippen molar-refractivity contribution < 1.29 is 114 Å². The van der Waals surface area contributed by atoms with Crippen molar-refractivity contribution in [1.29, 1.82) is 0 Å². The summed E-state index contributed by atoms with van der Waals surface area (Å²) in [4.78, 5) is 45.8. The molecule has 72 valence electrons. The van der Waals surface area contributed by atoms with Crippen LogP contribution in [-0.2, 0) is 9.13 Å². The second-order valence-corrected chi connectivity index (χ2v) is 2.94. The molecule has 0 aromatic carbocycles. The van der Waals surface area contributed by atoms with Gasteiger partial charge in [-0.2, -0.15) is 0 Å². The molecule has 0 unspecified atom stereocenters. The molecule has 0 atom stereocenters. The van der Waals surface area contributed by atoms with E-state index < -0.39 is 15.6 Å². The van der Waals surface area contributed by atoms with E-state index in [-0.39, 0.29) is 75.4 Å². The first-order valence-electron chi connectivity index (χ1n) is 1.53. The fourth-order valence-electron chi connectivity index (χ4n) is 0. The van der Waals surface area contributed by atoms with Crippen LogP contribution in [-0.4, -0.2) is 19.6 Å². The van der Waals surface area contributed by atoms with E-state index in [1.54, 1.807) is 0 Å². The van der Waals surface area contributed by atoms with Gasteiger partial charge >= 0.3 is 51.4 Å². The van der Waals surface area contributed by atoms with Crippen molar-refractivity contribution >= 4 is 15.6 Å². The minimum atomic E-state index is -4.89. The van der Waals surface area contributed by atoms with Crippen molar-refractivity contribution in [2.45, 2.75) is 0 Å². The standard InChI is InChI=1S/H2I.K.2H3O4P/c;;2*1-5(2,3)4/h1H2;;2*(H3,1,2,3,4)/q2*+1;;/p-2. The summed E-state index contributed by atoms with van der Waals surface area (Å²) >= 11 is 0. The van der Waals surface area contributed by atoms with E-state index >= 15 is 0 Å². The monoisotopic (exact) mass is 362 g/mol. The zero-order valence-electron chi connectivity index (χ0n) is 5.76. The van der Waals surface area contributed by atoms with Gasteiger partial charge in [-0.3, -0.25) is 9.13 Å². The predicted molar refractivity (Wildman–Crippen MR) is 26.9 cm³/mol. The van der Waals surface area contributed by atoms with Crippen LogP contribution in [0.4, 0.5) is 0 Å². The Hall–Kier alpha value is 2.59. The topological polar surface area (TPSA) is 161 Å². The molecule has 0 spiro atoms. The number of hydrogen-bond acceptors (Lipinski definition) is 4. The van der Waals surface area contributed by atoms with E-state index in [1.165, 1.54) is 0 Å². The number of rotatable bonds is 0. The molecular weight excluding hydrogens is 356 g/mol. The molecule has 0 aliphatic rings. The second-order valence-electron chi connectivity index (χ2n) is 0.981. The number of halogens is 1. The van der Waals surface area contributed by atoms with E-state index in [2.05, 4.69) is 0 Å². The maximum atomic E-state index is 8.77. The Morgan fingerprint density at radius 1 is 0.833 bits per heavy atom. The van der Waals surface area contributed by atoms with E-state index in [4.69, 9.17) is 38.5 Å². The summed E-state index contributed by atoms with van der Waals surface area (Å²) in [6.07, 6.45) is 0. The Kier molecular flexibility index (Phi) is 20.3. The molecule has 8 nitrogen and oxygen atoms in total. The van der Waals surface area contributed by atoms with Gasteiger partial charge in [-0.15, -0.1) is 0 Å². The van der Waals surface area contributed by atoms with E-state index in [0.29, 0.717) is 0 Å². The van der Waals surface area contributed by atoms with Crippen LogP contribution in [0.5, 0.6) is 0 Å². The van der Waals surface area contributed by atoms with Gasteiger partial charge in [0.1, 0.15) is 0 Å². The van der Waals surface area contributed by atoms with Crippen LogP contribution in [0.15, 0.2) is 0 Å². The predicted octanol–water partition coefficient (Wildman–Crippen LogP) is -9.65. The van der Waals surface area contributed by atoms with Crippen molar-refractivity contribution in [1.82, 2.24) is 0 Å². The SMILES string of the molecule is O=P([O-])(O)O.O=P([O-])(O)O.[IH2+].[K+]. The molecular formula is H6IKO8P2. The van der Waals surface area contributed by atoms with E-state index in [9.17, 15) is 0 Å². The first-order valence-corrected chi connectivity index (χ1v) is 4.59. The van der Waals surface area contributed by atoms with Crippen LogP contribution in [0.25, 0.3) is 0 Å². The minimum absolute atomic E-state index is 0. The third-order valence-electron chi connectivity index (χ3n) is 0. The van der Waals surface area contributed by atoms with Crippen LogP contribution in [0.3, 0.4) is 0 Å². The first-order chi connectivity index (χ1) is 4.00. The summed E-state index contributed by atoms with van der Waals surface area (Å²) in [5.41, 5.74) is 0. The number of phosphoric acid groups is 2. The Morgan fingerprint density at radius 2 is 0.833 bits per heavy atom. The van der Waals surface area contributed by atoms with Crippen molar-refractivity contribution in [3.8, 4) is 0 Å². The smallest absolute Gasteiger partial charge is 0.756 e. The molecule has 12 heteroatoms. The maximum Gasteiger partial charge on any atom is 1.00 e. The molecule has 0 radical (unpaired) electrons. The Morgan fingerprint density at radius 3 is 0.833 bits per heavy atom. The van der Waals surface area contributed by atoms with Crippen LogP contribution in [0.1, 0.15) is 0 Å². The van der Waals surface area contributed by atoms with Crippen molar-refractivity contribution in [2.75, 3.05) is 0 Å². The Balaban J connectivity index is -0.0000000457. The average molecular weight is 362 g/mol. The van der Waals surface area contributed by atoms with Gasteiger partial charge in [0.15, 0.2) is 0 Å². The molecule has 0 heterocycles. The van der Waals surface area contributed by atoms with Gasteiger partial charge in [-0.05, 0) is 0 Å². The van der Waals surface area contributed by atoms with Crippen LogP contribution in [0.2, 0.25) is 0 Å². The fraction of sp³-hybridized carbons (Fsp3) is 0. The van der Waals surface area contributed by atoms with Gasteiger partial charge in [-0.1, -0.05) is 0 Å². The van der Waals surface area contributed by atoms with Gasteiger partial charge in [0.05, 0.1) is 0 Å². The molecule has 0 aromatic rings. The minimum Gasteiger partial charge on any atom is -0.756 e. The zero-order valence-corrected chi connectivity index (χ0v) is 13.2. The molecule has 0 aliphatic carbocycles. The van der Waals surface area contributed by atoms with Crippen molar-refractivity contribution in [3.63, 3.8) is 0 Å². The summed E-state index contributed by atoms with van der Waals surface area (Å²) in [6.45, 7) is 0. The van der Waals surface area contributed by atoms with Gasteiger partial charge in [-0.25, -0.2) is 0 Å². The van der Waals surface area contributed by atoms with E-state index in [0.717, 1.165) is 0 Å². The average Bonchev–Trinajstić information content (AvgIpc) is 1.12. The van der Waals surface area contributed by atoms with Gasteiger partial charge in [0.2, 0.25) is 24.0 Å². The van der Waals surface area contributed by atoms with Crippen molar-refractivity contribution in [3.05, 3.63) is 0 Å².